The number of nitrogens with zero attached hydrogens (tertiary/aromatic N) is 2. The molecule has 0 bridgehead atoms. The van der Waals surface area contributed by atoms with Crippen LogP contribution in [0.2, 0.25) is 5.02 Å². The van der Waals surface area contributed by atoms with Crippen molar-refractivity contribution in [2.75, 3.05) is 18.4 Å². The van der Waals surface area contributed by atoms with E-state index < -0.39 is 10.0 Å². The molecule has 2 aromatic rings. The van der Waals surface area contributed by atoms with Crippen LogP contribution < -0.4 is 14.8 Å². The largest absolute Gasteiger partial charge is 0.495 e. The maximum absolute atomic E-state index is 12.8. The molecule has 1 aliphatic rings. The Bertz CT molecular complexity index is 1030. The number of halogens is 1. The van der Waals surface area contributed by atoms with Gasteiger partial charge in [-0.15, -0.1) is 0 Å². The number of amides is 2. The summed E-state index contributed by atoms with van der Waals surface area (Å²) in [6, 6.07) is 5.95. The van der Waals surface area contributed by atoms with Gasteiger partial charge in [0.25, 0.3) is 10.0 Å². The Morgan fingerprint density at radius 1 is 1.31 bits per heavy atom. The van der Waals surface area contributed by atoms with Gasteiger partial charge in [-0.05, 0) is 43.7 Å². The molecule has 0 spiro atoms. The molecule has 29 heavy (non-hydrogen) atoms. The highest BCUT2D eigenvalue weighted by atomic mass is 35.5. The molecule has 0 aliphatic carbocycles. The van der Waals surface area contributed by atoms with E-state index in [-0.39, 0.29) is 27.7 Å². The summed E-state index contributed by atoms with van der Waals surface area (Å²) in [4.78, 5) is 18.3. The second kappa shape index (κ2) is 8.46. The lowest BCUT2D eigenvalue weighted by molar-refractivity contribution is 0.189. The van der Waals surface area contributed by atoms with Gasteiger partial charge in [-0.3, -0.25) is 9.71 Å². The molecule has 0 saturated carbocycles. The summed E-state index contributed by atoms with van der Waals surface area (Å²) in [5.74, 6) is 0.185. The van der Waals surface area contributed by atoms with Gasteiger partial charge in [-0.25, -0.2) is 13.2 Å². The van der Waals surface area contributed by atoms with E-state index in [1.165, 1.54) is 25.4 Å². The van der Waals surface area contributed by atoms with Crippen LogP contribution in [0.3, 0.4) is 0 Å². The second-order valence-electron chi connectivity index (χ2n) is 7.01. The predicted molar refractivity (Wildman–Crippen MR) is 111 cm³/mol. The van der Waals surface area contributed by atoms with Crippen LogP contribution in [-0.4, -0.2) is 44.0 Å². The topological polar surface area (TPSA) is 101 Å². The molecule has 3 rings (SSSR count). The third kappa shape index (κ3) is 4.91. The van der Waals surface area contributed by atoms with Gasteiger partial charge in [0.2, 0.25) is 0 Å². The van der Waals surface area contributed by atoms with Crippen LogP contribution in [0.15, 0.2) is 35.4 Å². The first-order valence-corrected chi connectivity index (χ1v) is 11.0. The van der Waals surface area contributed by atoms with Gasteiger partial charge >= 0.3 is 6.03 Å². The van der Waals surface area contributed by atoms with Gasteiger partial charge in [-0.1, -0.05) is 11.6 Å². The molecular formula is C19H23ClN4O4S. The Morgan fingerprint density at radius 2 is 2.07 bits per heavy atom. The van der Waals surface area contributed by atoms with Crippen LogP contribution in [0.25, 0.3) is 0 Å². The SMILES string of the molecule is COc1ccc(Cl)cc1S(=O)(=O)Nc1cnc2c(c1)CN(C(=O)NC(C)C)CC2. The number of rotatable bonds is 5. The molecule has 156 valence electrons. The lowest BCUT2D eigenvalue weighted by Gasteiger charge is -2.29. The van der Waals surface area contributed by atoms with E-state index in [1.54, 1.807) is 17.0 Å². The van der Waals surface area contributed by atoms with Crippen molar-refractivity contribution in [3.05, 3.63) is 46.7 Å². The first kappa shape index (κ1) is 21.2. The second-order valence-corrected chi connectivity index (χ2v) is 9.09. The number of urea groups is 1. The van der Waals surface area contributed by atoms with Crippen molar-refractivity contribution >= 4 is 33.3 Å². The number of fused-ring (bicyclic) bond motifs is 1. The molecule has 8 nitrogen and oxygen atoms in total. The number of carbonyl (C=O) groups excluding carboxylic acids is 1. The standard InChI is InChI=1S/C19H23ClN4O4S/c1-12(2)22-19(25)24-7-6-16-13(11-24)8-15(10-21-16)23-29(26,27)18-9-14(20)4-5-17(18)28-3/h4-5,8-10,12,23H,6-7,11H2,1-3H3,(H,22,25). The van der Waals surface area contributed by atoms with Gasteiger partial charge in [0.05, 0.1) is 19.0 Å². The van der Waals surface area contributed by atoms with E-state index in [2.05, 4.69) is 15.0 Å². The minimum atomic E-state index is -3.94. The number of ether oxygens (including phenoxy) is 1. The summed E-state index contributed by atoms with van der Waals surface area (Å²) in [6.45, 7) is 4.71. The van der Waals surface area contributed by atoms with Crippen LogP contribution in [0.1, 0.15) is 25.1 Å². The van der Waals surface area contributed by atoms with E-state index in [0.29, 0.717) is 25.2 Å². The summed E-state index contributed by atoms with van der Waals surface area (Å²) >= 11 is 5.96. The average molecular weight is 439 g/mol. The molecule has 0 atom stereocenters. The van der Waals surface area contributed by atoms with Crippen LogP contribution >= 0.6 is 11.6 Å². The molecule has 10 heteroatoms. The molecule has 1 aromatic carbocycles. The first-order valence-electron chi connectivity index (χ1n) is 9.09. The van der Waals surface area contributed by atoms with Crippen molar-refractivity contribution in [1.29, 1.82) is 0 Å². The molecular weight excluding hydrogens is 416 g/mol. The first-order chi connectivity index (χ1) is 13.7. The number of benzene rings is 1. The van der Waals surface area contributed by atoms with E-state index in [4.69, 9.17) is 16.3 Å². The maximum atomic E-state index is 12.8. The molecule has 0 radical (unpaired) electrons. The monoisotopic (exact) mass is 438 g/mol. The zero-order valence-corrected chi connectivity index (χ0v) is 18.0. The molecule has 0 fully saturated rings. The van der Waals surface area contributed by atoms with Crippen molar-refractivity contribution in [3.8, 4) is 5.75 Å². The van der Waals surface area contributed by atoms with Crippen molar-refractivity contribution in [2.24, 2.45) is 0 Å². The number of aromatic nitrogens is 1. The van der Waals surface area contributed by atoms with E-state index in [0.717, 1.165) is 11.3 Å². The Morgan fingerprint density at radius 3 is 2.76 bits per heavy atom. The molecule has 0 saturated heterocycles. The summed E-state index contributed by atoms with van der Waals surface area (Å²) < 4.78 is 33.3. The fourth-order valence-electron chi connectivity index (χ4n) is 3.06. The van der Waals surface area contributed by atoms with Gasteiger partial charge in [0, 0.05) is 36.3 Å². The Kier molecular flexibility index (Phi) is 6.18. The summed E-state index contributed by atoms with van der Waals surface area (Å²) in [7, 11) is -2.55. The number of hydrogen-bond acceptors (Lipinski definition) is 5. The van der Waals surface area contributed by atoms with Gasteiger partial charge in [-0.2, -0.15) is 0 Å². The van der Waals surface area contributed by atoms with Crippen LogP contribution in [0, 0.1) is 0 Å². The zero-order valence-electron chi connectivity index (χ0n) is 16.4. The average Bonchev–Trinajstić information content (AvgIpc) is 2.66. The molecule has 2 amide bonds. The van der Waals surface area contributed by atoms with Gasteiger partial charge in [0.1, 0.15) is 10.6 Å². The van der Waals surface area contributed by atoms with Crippen LogP contribution in [-0.2, 0) is 23.0 Å². The number of hydrogen-bond donors (Lipinski definition) is 2. The highest BCUT2D eigenvalue weighted by molar-refractivity contribution is 7.92. The van der Waals surface area contributed by atoms with Crippen molar-refractivity contribution in [2.45, 2.75) is 37.8 Å². The summed E-state index contributed by atoms with van der Waals surface area (Å²) in [5.41, 5.74) is 1.95. The zero-order chi connectivity index (χ0) is 21.2. The molecule has 1 aliphatic heterocycles. The van der Waals surface area contributed by atoms with Gasteiger partial charge < -0.3 is 15.0 Å². The minimum Gasteiger partial charge on any atom is -0.495 e. The van der Waals surface area contributed by atoms with Crippen molar-refractivity contribution in [3.63, 3.8) is 0 Å². The third-order valence-corrected chi connectivity index (χ3v) is 6.04. The lowest BCUT2D eigenvalue weighted by atomic mass is 10.1. The van der Waals surface area contributed by atoms with Crippen LogP contribution in [0.4, 0.5) is 10.5 Å². The highest BCUT2D eigenvalue weighted by Gasteiger charge is 2.24. The number of anilines is 1. The fourth-order valence-corrected chi connectivity index (χ4v) is 4.53. The molecule has 0 unspecified atom stereocenters. The third-order valence-electron chi connectivity index (χ3n) is 4.41. The van der Waals surface area contributed by atoms with E-state index >= 15 is 0 Å². The fraction of sp³-hybridized carbons (Fsp3) is 0.368. The Labute approximate surface area is 175 Å². The molecule has 2 heterocycles. The number of methoxy groups -OCH3 is 1. The molecule has 2 N–H and O–H groups in total. The number of sulfonamides is 1. The summed E-state index contributed by atoms with van der Waals surface area (Å²) in [5, 5.41) is 3.14. The van der Waals surface area contributed by atoms with E-state index in [1.807, 2.05) is 13.8 Å². The quantitative estimate of drug-likeness (QED) is 0.747. The minimum absolute atomic E-state index is 0.0350. The predicted octanol–water partition coefficient (Wildman–Crippen LogP) is 3.02. The maximum Gasteiger partial charge on any atom is 0.317 e. The number of nitrogens with one attached hydrogen (secondary N) is 2. The number of pyridine rings is 1. The van der Waals surface area contributed by atoms with E-state index in [9.17, 15) is 13.2 Å². The van der Waals surface area contributed by atoms with Crippen molar-refractivity contribution in [1.82, 2.24) is 15.2 Å². The summed E-state index contributed by atoms with van der Waals surface area (Å²) in [6.07, 6.45) is 2.08. The molecule has 1 aromatic heterocycles. The smallest absolute Gasteiger partial charge is 0.317 e. The Hall–Kier alpha value is -2.52. The van der Waals surface area contributed by atoms with Crippen molar-refractivity contribution < 1.29 is 17.9 Å². The lowest BCUT2D eigenvalue weighted by Crippen LogP contribution is -2.45. The van der Waals surface area contributed by atoms with Gasteiger partial charge in [0.15, 0.2) is 0 Å². The normalized spacial score (nSPS) is 13.8. The Balaban J connectivity index is 1.84. The van der Waals surface area contributed by atoms with Crippen LogP contribution in [0.5, 0.6) is 5.75 Å². The number of carbonyl (C=O) groups is 1. The highest BCUT2D eigenvalue weighted by Crippen LogP contribution is 2.29.